The van der Waals surface area contributed by atoms with E-state index in [4.69, 9.17) is 0 Å². The molecule has 0 aliphatic heterocycles. The Morgan fingerprint density at radius 3 is 2.73 bits per heavy atom. The van der Waals surface area contributed by atoms with E-state index in [1.54, 1.807) is 20.7 Å². The molecule has 8 nitrogen and oxygen atoms in total. The van der Waals surface area contributed by atoms with Crippen molar-refractivity contribution in [3.8, 4) is 16.9 Å². The molecule has 0 radical (unpaired) electrons. The summed E-state index contributed by atoms with van der Waals surface area (Å²) in [5, 5.41) is 25.4. The zero-order valence-electron chi connectivity index (χ0n) is 18.0. The monoisotopic (exact) mass is 478 g/mol. The van der Waals surface area contributed by atoms with Gasteiger partial charge in [-0.05, 0) is 61.4 Å². The summed E-state index contributed by atoms with van der Waals surface area (Å²) in [6.45, 7) is 1.53. The number of benzene rings is 1. The normalized spacial score (nSPS) is 19.3. The minimum atomic E-state index is -1.19. The van der Waals surface area contributed by atoms with Gasteiger partial charge in [0.2, 0.25) is 5.91 Å². The molecule has 1 fully saturated rings. The summed E-state index contributed by atoms with van der Waals surface area (Å²) in [6, 6.07) is 13.7. The van der Waals surface area contributed by atoms with Crippen molar-refractivity contribution in [1.82, 2.24) is 24.9 Å². The van der Waals surface area contributed by atoms with E-state index in [2.05, 4.69) is 21.6 Å². The van der Waals surface area contributed by atoms with Gasteiger partial charge in [-0.25, -0.2) is 9.36 Å². The molecule has 5 rings (SSSR count). The highest BCUT2D eigenvalue weighted by Gasteiger charge is 2.27. The number of nitriles is 1. The molecule has 1 amide bonds. The molecular formula is C23H22N6O2S2. The van der Waals surface area contributed by atoms with Crippen LogP contribution in [0.4, 0.5) is 0 Å². The van der Waals surface area contributed by atoms with Gasteiger partial charge in [-0.1, -0.05) is 0 Å². The van der Waals surface area contributed by atoms with E-state index in [0.717, 1.165) is 36.2 Å². The van der Waals surface area contributed by atoms with Gasteiger partial charge < -0.3 is 5.32 Å². The molecule has 3 heterocycles. The number of nitrogens with zero attached hydrogens (tertiary/aromatic N) is 5. The number of amides is 1. The van der Waals surface area contributed by atoms with E-state index in [9.17, 15) is 14.3 Å². The van der Waals surface area contributed by atoms with Crippen LogP contribution in [0.25, 0.3) is 21.7 Å². The number of nitrogens with one attached hydrogen (secondary N) is 1. The fourth-order valence-corrected chi connectivity index (χ4v) is 6.52. The number of carbonyl (C=O) groups excluding carboxylic acids is 1. The van der Waals surface area contributed by atoms with Crippen molar-refractivity contribution >= 4 is 38.9 Å². The van der Waals surface area contributed by atoms with Crippen LogP contribution in [0.1, 0.15) is 38.3 Å². The summed E-state index contributed by atoms with van der Waals surface area (Å²) in [6.07, 6.45) is 5.10. The third-order valence-electron chi connectivity index (χ3n) is 5.90. The Kier molecular flexibility index (Phi) is 5.83. The minimum absolute atomic E-state index is 0.0220. The van der Waals surface area contributed by atoms with Gasteiger partial charge >= 0.3 is 0 Å². The fourth-order valence-electron chi connectivity index (χ4n) is 4.33. The number of hydrogen-bond acceptors (Lipinski definition) is 6. The highest BCUT2D eigenvalue weighted by Crippen LogP contribution is 2.30. The van der Waals surface area contributed by atoms with Crippen LogP contribution in [0.3, 0.4) is 0 Å². The lowest BCUT2D eigenvalue weighted by molar-refractivity contribution is -0.119. The molecule has 33 heavy (non-hydrogen) atoms. The Bertz CT molecular complexity index is 1370. The third kappa shape index (κ3) is 4.21. The Balaban J connectivity index is 1.42. The van der Waals surface area contributed by atoms with E-state index in [1.807, 2.05) is 48.0 Å². The first kappa shape index (κ1) is 21.6. The van der Waals surface area contributed by atoms with Crippen LogP contribution in [0.5, 0.6) is 0 Å². The number of hydrogen-bond donors (Lipinski definition) is 1. The van der Waals surface area contributed by atoms with Crippen molar-refractivity contribution in [2.75, 3.05) is 0 Å². The smallest absolute Gasteiger partial charge is 0.217 e. The van der Waals surface area contributed by atoms with Gasteiger partial charge in [0.25, 0.3) is 0 Å². The van der Waals surface area contributed by atoms with Crippen LogP contribution < -0.4 is 5.32 Å². The zero-order valence-corrected chi connectivity index (χ0v) is 19.6. The van der Waals surface area contributed by atoms with Gasteiger partial charge in [0.05, 0.1) is 16.3 Å². The van der Waals surface area contributed by atoms with Crippen LogP contribution in [-0.4, -0.2) is 41.0 Å². The highest BCUT2D eigenvalue weighted by molar-refractivity contribution is 7.85. The molecule has 1 unspecified atom stereocenters. The van der Waals surface area contributed by atoms with E-state index >= 15 is 0 Å². The standard InChI is InChI=1S/C23H22N6O2S2/c1-15(30)25-16-4-6-17(7-5-16)33(31)18-8-9-21-19(13-18)20(14-24)26-29(21)22-10-11-28(27-22)23-3-2-12-32-23/h2-3,8-13,16-17H,4-7H2,1H3,(H,25,30). The maximum atomic E-state index is 13.3. The maximum absolute atomic E-state index is 13.3. The summed E-state index contributed by atoms with van der Waals surface area (Å²) in [5.41, 5.74) is 1.03. The molecule has 0 spiro atoms. The topological polar surface area (TPSA) is 106 Å². The molecule has 4 aromatic rings. The predicted octanol–water partition coefficient (Wildman–Crippen LogP) is 3.70. The Morgan fingerprint density at radius 1 is 1.21 bits per heavy atom. The SMILES string of the molecule is CC(=O)NC1CCC(S(=O)c2ccc3c(c2)c(C#N)nn3-c2ccn(-c3cccs3)n2)CC1. The van der Waals surface area contributed by atoms with E-state index in [0.29, 0.717) is 16.1 Å². The largest absolute Gasteiger partial charge is 0.354 e. The molecule has 168 valence electrons. The number of carbonyl (C=O) groups is 1. The average Bonchev–Trinajstić information content (AvgIpc) is 3.57. The van der Waals surface area contributed by atoms with Gasteiger partial charge in [-0.3, -0.25) is 9.00 Å². The lowest BCUT2D eigenvalue weighted by atomic mass is 9.95. The summed E-state index contributed by atoms with van der Waals surface area (Å²) in [4.78, 5) is 12.0. The molecule has 3 aromatic heterocycles. The summed E-state index contributed by atoms with van der Waals surface area (Å²) in [7, 11) is -1.19. The van der Waals surface area contributed by atoms with Crippen molar-refractivity contribution in [1.29, 1.82) is 5.26 Å². The summed E-state index contributed by atoms with van der Waals surface area (Å²) in [5.74, 6) is 0.589. The molecular weight excluding hydrogens is 456 g/mol. The highest BCUT2D eigenvalue weighted by atomic mass is 32.2. The molecule has 0 bridgehead atoms. The van der Waals surface area contributed by atoms with Crippen molar-refractivity contribution < 1.29 is 9.00 Å². The van der Waals surface area contributed by atoms with Gasteiger partial charge in [0.15, 0.2) is 11.5 Å². The molecule has 1 aromatic carbocycles. The first-order chi connectivity index (χ1) is 16.0. The second-order valence-corrected chi connectivity index (χ2v) is 10.8. The molecule has 10 heteroatoms. The van der Waals surface area contributed by atoms with Crippen molar-refractivity contribution in [2.24, 2.45) is 0 Å². The molecule has 1 atom stereocenters. The van der Waals surface area contributed by atoms with E-state index < -0.39 is 10.8 Å². The molecule has 1 aliphatic rings. The number of aromatic nitrogens is 4. The first-order valence-corrected chi connectivity index (χ1v) is 12.8. The summed E-state index contributed by atoms with van der Waals surface area (Å²) >= 11 is 1.58. The van der Waals surface area contributed by atoms with Gasteiger partial charge in [-0.15, -0.1) is 16.4 Å². The number of thiophene rings is 1. The molecule has 1 saturated carbocycles. The zero-order chi connectivity index (χ0) is 22.9. The first-order valence-electron chi connectivity index (χ1n) is 10.7. The predicted molar refractivity (Wildman–Crippen MR) is 127 cm³/mol. The van der Waals surface area contributed by atoms with Crippen molar-refractivity contribution in [2.45, 2.75) is 48.8 Å². The quantitative estimate of drug-likeness (QED) is 0.471. The number of fused-ring (bicyclic) bond motifs is 1. The van der Waals surface area contributed by atoms with Gasteiger partial charge in [0.1, 0.15) is 11.1 Å². The van der Waals surface area contributed by atoms with Crippen LogP contribution in [0.2, 0.25) is 0 Å². The van der Waals surface area contributed by atoms with Gasteiger partial charge in [-0.2, -0.15) is 10.4 Å². The fraction of sp³-hybridized carbons (Fsp3) is 0.304. The maximum Gasteiger partial charge on any atom is 0.217 e. The molecule has 0 saturated heterocycles. The minimum Gasteiger partial charge on any atom is -0.354 e. The number of rotatable bonds is 5. The Morgan fingerprint density at radius 2 is 2.03 bits per heavy atom. The van der Waals surface area contributed by atoms with E-state index in [-0.39, 0.29) is 22.9 Å². The lowest BCUT2D eigenvalue weighted by Crippen LogP contribution is -2.38. The Hall–Kier alpha value is -3.29. The van der Waals surface area contributed by atoms with Crippen LogP contribution >= 0.6 is 11.3 Å². The lowest BCUT2D eigenvalue weighted by Gasteiger charge is -2.28. The van der Waals surface area contributed by atoms with Crippen LogP contribution in [-0.2, 0) is 15.6 Å². The second kappa shape index (κ2) is 8.92. The van der Waals surface area contributed by atoms with Gasteiger partial charge in [0, 0.05) is 40.8 Å². The third-order valence-corrected chi connectivity index (χ3v) is 8.55. The average molecular weight is 479 g/mol. The van der Waals surface area contributed by atoms with Crippen LogP contribution in [0.15, 0.2) is 52.9 Å². The Labute approximate surface area is 197 Å². The molecule has 1 N–H and O–H groups in total. The van der Waals surface area contributed by atoms with Crippen molar-refractivity contribution in [3.05, 3.63) is 53.7 Å². The van der Waals surface area contributed by atoms with Crippen molar-refractivity contribution in [3.63, 3.8) is 0 Å². The van der Waals surface area contributed by atoms with E-state index in [1.165, 1.54) is 6.92 Å². The summed E-state index contributed by atoms with van der Waals surface area (Å²) < 4.78 is 16.7. The molecule has 1 aliphatic carbocycles. The second-order valence-electron chi connectivity index (χ2n) is 8.09. The van der Waals surface area contributed by atoms with Crippen LogP contribution in [0, 0.1) is 11.3 Å².